The molecule has 0 saturated carbocycles. The van der Waals surface area contributed by atoms with Crippen LogP contribution in [-0.2, 0) is 6.61 Å². The van der Waals surface area contributed by atoms with Crippen LogP contribution in [-0.4, -0.2) is 24.7 Å². The van der Waals surface area contributed by atoms with Crippen LogP contribution in [0.15, 0.2) is 38.6 Å². The third-order valence-electron chi connectivity index (χ3n) is 3.26. The summed E-state index contributed by atoms with van der Waals surface area (Å²) in [7, 11) is 0. The monoisotopic (exact) mass is 288 g/mol. The van der Waals surface area contributed by atoms with E-state index in [4.69, 9.17) is 9.95 Å². The summed E-state index contributed by atoms with van der Waals surface area (Å²) < 4.78 is 5.19. The predicted octanol–water partition coefficient (Wildman–Crippen LogP) is 2.42. The highest BCUT2D eigenvalue weighted by Gasteiger charge is 2.09. The van der Waals surface area contributed by atoms with Crippen LogP contribution >= 0.6 is 0 Å². The molecule has 0 aliphatic rings. The van der Waals surface area contributed by atoms with Gasteiger partial charge in [0, 0.05) is 47.8 Å². The topological polar surface area (TPSA) is 102 Å². The Bertz CT molecular complexity index is 735. The number of aliphatic hydroxyl groups is 1. The van der Waals surface area contributed by atoms with Crippen LogP contribution in [0, 0.1) is 0 Å². The second kappa shape index (κ2) is 6.78. The van der Waals surface area contributed by atoms with Gasteiger partial charge in [0.05, 0.1) is 6.61 Å². The van der Waals surface area contributed by atoms with Crippen molar-refractivity contribution in [3.63, 3.8) is 0 Å². The molecule has 0 aliphatic heterocycles. The minimum Gasteiger partial charge on any atom is -0.423 e. The van der Waals surface area contributed by atoms with Crippen LogP contribution in [0.3, 0.4) is 0 Å². The molecule has 0 radical (unpaired) electrons. The molecule has 110 valence electrons. The summed E-state index contributed by atoms with van der Waals surface area (Å²) in [5.41, 5.74) is 9.69. The van der Waals surface area contributed by atoms with Gasteiger partial charge < -0.3 is 14.4 Å². The molecule has 2 rings (SSSR count). The Morgan fingerprint density at radius 1 is 1.43 bits per heavy atom. The number of hydrogen-bond donors (Lipinski definition) is 1. The fraction of sp³-hybridized carbons (Fsp3) is 0.357. The van der Waals surface area contributed by atoms with E-state index in [1.54, 1.807) is 6.07 Å². The number of hydrogen-bond acceptors (Lipinski definition) is 5. The van der Waals surface area contributed by atoms with E-state index in [0.717, 1.165) is 12.2 Å². The third-order valence-corrected chi connectivity index (χ3v) is 3.26. The lowest BCUT2D eigenvalue weighted by atomic mass is 10.1. The summed E-state index contributed by atoms with van der Waals surface area (Å²) in [6, 6.07) is 6.76. The van der Waals surface area contributed by atoms with Gasteiger partial charge in [-0.15, -0.1) is 0 Å². The van der Waals surface area contributed by atoms with Crippen molar-refractivity contribution in [1.29, 1.82) is 0 Å². The molecule has 21 heavy (non-hydrogen) atoms. The smallest absolute Gasteiger partial charge is 0.336 e. The normalized spacial score (nSPS) is 10.4. The highest BCUT2D eigenvalue weighted by Crippen LogP contribution is 2.23. The lowest BCUT2D eigenvalue weighted by Gasteiger charge is -2.22. The van der Waals surface area contributed by atoms with Crippen molar-refractivity contribution in [1.82, 2.24) is 0 Å². The van der Waals surface area contributed by atoms with Gasteiger partial charge in [0.2, 0.25) is 0 Å². The van der Waals surface area contributed by atoms with Crippen molar-refractivity contribution in [2.24, 2.45) is 5.11 Å². The summed E-state index contributed by atoms with van der Waals surface area (Å²) in [6.45, 7) is 3.45. The molecule has 0 fully saturated rings. The summed E-state index contributed by atoms with van der Waals surface area (Å²) >= 11 is 0. The van der Waals surface area contributed by atoms with Crippen molar-refractivity contribution in [2.75, 3.05) is 24.5 Å². The van der Waals surface area contributed by atoms with E-state index < -0.39 is 5.63 Å². The highest BCUT2D eigenvalue weighted by molar-refractivity contribution is 5.83. The van der Waals surface area contributed by atoms with Gasteiger partial charge in [-0.25, -0.2) is 4.79 Å². The molecule has 7 heteroatoms. The van der Waals surface area contributed by atoms with E-state index >= 15 is 0 Å². The zero-order valence-electron chi connectivity index (χ0n) is 11.7. The van der Waals surface area contributed by atoms with Gasteiger partial charge in [-0.3, -0.25) is 0 Å². The number of azide groups is 1. The first-order valence-corrected chi connectivity index (χ1v) is 6.63. The molecule has 0 amide bonds. The molecule has 1 N–H and O–H groups in total. The summed E-state index contributed by atoms with van der Waals surface area (Å²) in [5.74, 6) is 0. The molecule has 7 nitrogen and oxygen atoms in total. The quantitative estimate of drug-likeness (QED) is 0.381. The summed E-state index contributed by atoms with van der Waals surface area (Å²) in [5, 5.41) is 13.5. The third kappa shape index (κ3) is 3.34. The summed E-state index contributed by atoms with van der Waals surface area (Å²) in [4.78, 5) is 16.2. The SMILES string of the molecule is CCN(CCN=[N+]=[N-])c1ccc2c(CO)cc(=O)oc2c1. The molecule has 0 atom stereocenters. The minimum atomic E-state index is -0.485. The standard InChI is InChI=1S/C14H16N4O3/c1-2-18(6-5-16-17-15)11-3-4-12-10(9-19)7-14(20)21-13(12)8-11/h3-4,7-8,19H,2,5-6,9H2,1H3. The Morgan fingerprint density at radius 2 is 2.24 bits per heavy atom. The van der Waals surface area contributed by atoms with E-state index in [9.17, 15) is 9.90 Å². The molecular weight excluding hydrogens is 272 g/mol. The molecule has 0 unspecified atom stereocenters. The van der Waals surface area contributed by atoms with Crippen molar-refractivity contribution in [2.45, 2.75) is 13.5 Å². The van der Waals surface area contributed by atoms with Crippen LogP contribution in [0.25, 0.3) is 21.4 Å². The molecule has 1 aromatic heterocycles. The molecule has 2 aromatic rings. The van der Waals surface area contributed by atoms with E-state index in [2.05, 4.69) is 10.0 Å². The predicted molar refractivity (Wildman–Crippen MR) is 80.3 cm³/mol. The number of likely N-dealkylation sites (N-methyl/N-ethyl adjacent to an activating group) is 1. The minimum absolute atomic E-state index is 0.212. The van der Waals surface area contributed by atoms with Crippen LogP contribution in [0.1, 0.15) is 12.5 Å². The zero-order chi connectivity index (χ0) is 15.2. The Labute approximate surface area is 121 Å². The van der Waals surface area contributed by atoms with Crippen LogP contribution < -0.4 is 10.5 Å². The first-order chi connectivity index (χ1) is 10.2. The van der Waals surface area contributed by atoms with Crippen molar-refractivity contribution in [3.05, 3.63) is 50.7 Å². The molecule has 1 aromatic carbocycles. The lowest BCUT2D eigenvalue weighted by Crippen LogP contribution is -2.25. The number of fused-ring (bicyclic) bond motifs is 1. The molecule has 0 spiro atoms. The Hall–Kier alpha value is -2.50. The van der Waals surface area contributed by atoms with Crippen molar-refractivity contribution < 1.29 is 9.52 Å². The van der Waals surface area contributed by atoms with Gasteiger partial charge in [0.15, 0.2) is 0 Å². The van der Waals surface area contributed by atoms with Gasteiger partial charge in [0.25, 0.3) is 0 Å². The Kier molecular flexibility index (Phi) is 4.81. The maximum Gasteiger partial charge on any atom is 0.336 e. The number of anilines is 1. The maximum atomic E-state index is 11.5. The second-order valence-corrected chi connectivity index (χ2v) is 4.46. The van der Waals surface area contributed by atoms with Gasteiger partial charge >= 0.3 is 5.63 Å². The van der Waals surface area contributed by atoms with E-state index in [1.807, 2.05) is 24.0 Å². The maximum absolute atomic E-state index is 11.5. The van der Waals surface area contributed by atoms with E-state index in [0.29, 0.717) is 29.6 Å². The average molecular weight is 288 g/mol. The van der Waals surface area contributed by atoms with E-state index in [1.165, 1.54) is 6.07 Å². The molecule has 0 aliphatic carbocycles. The summed E-state index contributed by atoms with van der Waals surface area (Å²) in [6.07, 6.45) is 0. The Morgan fingerprint density at radius 3 is 2.90 bits per heavy atom. The molecule has 1 heterocycles. The van der Waals surface area contributed by atoms with Gasteiger partial charge in [-0.05, 0) is 30.2 Å². The first kappa shape index (κ1) is 14.9. The zero-order valence-corrected chi connectivity index (χ0v) is 11.7. The van der Waals surface area contributed by atoms with Crippen molar-refractivity contribution >= 4 is 16.7 Å². The Balaban J connectivity index is 2.41. The average Bonchev–Trinajstić information content (AvgIpc) is 2.50. The van der Waals surface area contributed by atoms with Crippen LogP contribution in [0.4, 0.5) is 5.69 Å². The second-order valence-electron chi connectivity index (χ2n) is 4.46. The number of aliphatic hydroxyl groups excluding tert-OH is 1. The largest absolute Gasteiger partial charge is 0.423 e. The molecule has 0 saturated heterocycles. The number of rotatable bonds is 6. The number of nitrogens with zero attached hydrogens (tertiary/aromatic N) is 4. The number of benzene rings is 1. The van der Waals surface area contributed by atoms with Gasteiger partial charge in [0.1, 0.15) is 5.58 Å². The molecular formula is C14H16N4O3. The van der Waals surface area contributed by atoms with Crippen molar-refractivity contribution in [3.8, 4) is 0 Å². The van der Waals surface area contributed by atoms with Gasteiger partial charge in [-0.1, -0.05) is 5.11 Å². The highest BCUT2D eigenvalue weighted by atomic mass is 16.4. The fourth-order valence-electron chi connectivity index (χ4n) is 2.23. The van der Waals surface area contributed by atoms with Crippen LogP contribution in [0.5, 0.6) is 0 Å². The van der Waals surface area contributed by atoms with Crippen LogP contribution in [0.2, 0.25) is 0 Å². The fourth-order valence-corrected chi connectivity index (χ4v) is 2.23. The van der Waals surface area contributed by atoms with Gasteiger partial charge in [-0.2, -0.15) is 0 Å². The molecule has 0 bridgehead atoms. The van der Waals surface area contributed by atoms with E-state index in [-0.39, 0.29) is 6.61 Å². The lowest BCUT2D eigenvalue weighted by molar-refractivity contribution is 0.282. The first-order valence-electron chi connectivity index (χ1n) is 6.63.